The van der Waals surface area contributed by atoms with Crippen LogP contribution in [0.25, 0.3) is 0 Å². The van der Waals surface area contributed by atoms with Crippen molar-refractivity contribution in [3.63, 3.8) is 0 Å². The molecule has 2 saturated carbocycles. The van der Waals surface area contributed by atoms with E-state index in [-0.39, 0.29) is 24.0 Å². The minimum Gasteiger partial charge on any atom is -0.394 e. The van der Waals surface area contributed by atoms with Gasteiger partial charge in [-0.1, -0.05) is 12.8 Å². The molecule has 4 heteroatoms. The number of hydrogen-bond acceptors (Lipinski definition) is 3. The van der Waals surface area contributed by atoms with E-state index in [9.17, 15) is 9.90 Å². The lowest BCUT2D eigenvalue weighted by Crippen LogP contribution is -2.51. The predicted molar refractivity (Wildman–Crippen MR) is 71.2 cm³/mol. The van der Waals surface area contributed by atoms with Crippen LogP contribution in [0.5, 0.6) is 0 Å². The van der Waals surface area contributed by atoms with Gasteiger partial charge >= 0.3 is 0 Å². The molecule has 0 atom stereocenters. The highest BCUT2D eigenvalue weighted by Crippen LogP contribution is 2.32. The van der Waals surface area contributed by atoms with Crippen LogP contribution in [0.3, 0.4) is 0 Å². The molecular formula is C14H26N2O2. The fourth-order valence-corrected chi connectivity index (χ4v) is 3.31. The third kappa shape index (κ3) is 3.04. The molecule has 0 aromatic heterocycles. The van der Waals surface area contributed by atoms with Gasteiger partial charge in [0.15, 0.2) is 0 Å². The molecule has 0 unspecified atom stereocenters. The van der Waals surface area contributed by atoms with Crippen LogP contribution < -0.4 is 10.6 Å². The van der Waals surface area contributed by atoms with Gasteiger partial charge in [0.25, 0.3) is 0 Å². The van der Waals surface area contributed by atoms with Crippen molar-refractivity contribution in [3.8, 4) is 0 Å². The van der Waals surface area contributed by atoms with Gasteiger partial charge < -0.3 is 15.7 Å². The van der Waals surface area contributed by atoms with Crippen molar-refractivity contribution in [2.45, 2.75) is 62.9 Å². The number of hydrogen-bond donors (Lipinski definition) is 3. The highest BCUT2D eigenvalue weighted by atomic mass is 16.3. The average Bonchev–Trinajstić information content (AvgIpc) is 2.91. The second kappa shape index (κ2) is 6.02. The minimum atomic E-state index is -0.149. The molecule has 18 heavy (non-hydrogen) atoms. The standard InChI is InChI=1S/C14H26N2O2/c1-15-14(10-17)8-6-11(7-9-14)13(18)16-12-4-2-3-5-12/h11-12,15,17H,2-10H2,1H3,(H,16,18). The minimum absolute atomic E-state index is 0.149. The molecule has 2 rings (SSSR count). The Kier molecular flexibility index (Phi) is 4.62. The topological polar surface area (TPSA) is 61.4 Å². The maximum atomic E-state index is 12.1. The number of rotatable bonds is 4. The van der Waals surface area contributed by atoms with E-state index in [4.69, 9.17) is 0 Å². The largest absolute Gasteiger partial charge is 0.394 e. The van der Waals surface area contributed by atoms with Gasteiger partial charge in [-0.3, -0.25) is 4.79 Å². The lowest BCUT2D eigenvalue weighted by Gasteiger charge is -2.38. The molecule has 2 aliphatic carbocycles. The quantitative estimate of drug-likeness (QED) is 0.706. The van der Waals surface area contributed by atoms with Gasteiger partial charge in [-0.2, -0.15) is 0 Å². The number of likely N-dealkylation sites (N-methyl/N-ethyl adjacent to an activating group) is 1. The van der Waals surface area contributed by atoms with Crippen molar-refractivity contribution in [2.24, 2.45) is 5.92 Å². The summed E-state index contributed by atoms with van der Waals surface area (Å²) in [5, 5.41) is 15.8. The summed E-state index contributed by atoms with van der Waals surface area (Å²) in [4.78, 5) is 12.1. The van der Waals surface area contributed by atoms with E-state index in [1.165, 1.54) is 12.8 Å². The van der Waals surface area contributed by atoms with Crippen molar-refractivity contribution >= 4 is 5.91 Å². The first-order chi connectivity index (χ1) is 8.69. The third-order valence-corrected chi connectivity index (χ3v) is 4.85. The Labute approximate surface area is 110 Å². The van der Waals surface area contributed by atoms with E-state index in [0.717, 1.165) is 38.5 Å². The molecule has 2 fully saturated rings. The molecule has 0 spiro atoms. The highest BCUT2D eigenvalue weighted by molar-refractivity contribution is 5.79. The van der Waals surface area contributed by atoms with Crippen LogP contribution in [0.15, 0.2) is 0 Å². The van der Waals surface area contributed by atoms with E-state index in [1.807, 2.05) is 7.05 Å². The van der Waals surface area contributed by atoms with Gasteiger partial charge in [-0.25, -0.2) is 0 Å². The molecule has 0 aliphatic heterocycles. The van der Waals surface area contributed by atoms with Gasteiger partial charge in [-0.05, 0) is 45.6 Å². The normalized spacial score (nSPS) is 33.6. The first-order valence-electron chi connectivity index (χ1n) is 7.29. The van der Waals surface area contributed by atoms with Crippen molar-refractivity contribution in [2.75, 3.05) is 13.7 Å². The van der Waals surface area contributed by atoms with Crippen LogP contribution in [-0.2, 0) is 4.79 Å². The van der Waals surface area contributed by atoms with Crippen LogP contribution in [0.1, 0.15) is 51.4 Å². The summed E-state index contributed by atoms with van der Waals surface area (Å²) in [6, 6.07) is 0.423. The summed E-state index contributed by atoms with van der Waals surface area (Å²) in [6.45, 7) is 0.167. The molecule has 1 amide bonds. The van der Waals surface area contributed by atoms with E-state index in [0.29, 0.717) is 6.04 Å². The lowest BCUT2D eigenvalue weighted by molar-refractivity contribution is -0.127. The Morgan fingerprint density at radius 2 is 1.83 bits per heavy atom. The number of nitrogens with one attached hydrogen (secondary N) is 2. The molecule has 0 aromatic carbocycles. The van der Waals surface area contributed by atoms with Gasteiger partial charge in [0.2, 0.25) is 5.91 Å². The maximum Gasteiger partial charge on any atom is 0.223 e. The van der Waals surface area contributed by atoms with Crippen molar-refractivity contribution in [3.05, 3.63) is 0 Å². The van der Waals surface area contributed by atoms with Crippen LogP contribution in [0, 0.1) is 5.92 Å². The Morgan fingerprint density at radius 3 is 2.33 bits per heavy atom. The zero-order valence-electron chi connectivity index (χ0n) is 11.4. The van der Waals surface area contributed by atoms with E-state index in [2.05, 4.69) is 10.6 Å². The summed E-state index contributed by atoms with van der Waals surface area (Å²) < 4.78 is 0. The molecule has 2 aliphatic rings. The summed E-state index contributed by atoms with van der Waals surface area (Å²) in [5.74, 6) is 0.392. The van der Waals surface area contributed by atoms with Crippen molar-refractivity contribution in [1.82, 2.24) is 10.6 Å². The molecule has 104 valence electrons. The zero-order chi connectivity index (χ0) is 13.0. The Bertz CT molecular complexity index is 274. The summed E-state index contributed by atoms with van der Waals surface area (Å²) in [6.07, 6.45) is 8.36. The number of carbonyl (C=O) groups excluding carboxylic acids is 1. The van der Waals surface area contributed by atoms with Crippen LogP contribution in [-0.4, -0.2) is 36.2 Å². The van der Waals surface area contributed by atoms with E-state index < -0.39 is 0 Å². The number of amides is 1. The van der Waals surface area contributed by atoms with Crippen molar-refractivity contribution < 1.29 is 9.90 Å². The number of aliphatic hydroxyl groups excluding tert-OH is 1. The summed E-state index contributed by atoms with van der Waals surface area (Å²) >= 11 is 0. The molecule has 0 radical (unpaired) electrons. The zero-order valence-corrected chi connectivity index (χ0v) is 11.4. The van der Waals surface area contributed by atoms with Gasteiger partial charge in [0.05, 0.1) is 6.61 Å². The Morgan fingerprint density at radius 1 is 1.22 bits per heavy atom. The summed E-state index contributed by atoms with van der Waals surface area (Å²) in [7, 11) is 1.90. The average molecular weight is 254 g/mol. The van der Waals surface area contributed by atoms with Crippen LogP contribution >= 0.6 is 0 Å². The Hall–Kier alpha value is -0.610. The molecular weight excluding hydrogens is 228 g/mol. The predicted octanol–water partition coefficient (Wildman–Crippen LogP) is 1.19. The molecule has 0 saturated heterocycles. The first-order valence-corrected chi connectivity index (χ1v) is 7.29. The SMILES string of the molecule is CNC1(CO)CCC(C(=O)NC2CCCC2)CC1. The molecule has 0 heterocycles. The Balaban J connectivity index is 1.79. The van der Waals surface area contributed by atoms with Crippen LogP contribution in [0.4, 0.5) is 0 Å². The molecule has 0 aromatic rings. The van der Waals surface area contributed by atoms with Gasteiger partial charge in [-0.15, -0.1) is 0 Å². The molecule has 4 nitrogen and oxygen atoms in total. The second-order valence-corrected chi connectivity index (χ2v) is 5.95. The fraction of sp³-hybridized carbons (Fsp3) is 0.929. The van der Waals surface area contributed by atoms with Gasteiger partial charge in [0.1, 0.15) is 0 Å². The number of aliphatic hydroxyl groups is 1. The molecule has 0 bridgehead atoms. The van der Waals surface area contributed by atoms with E-state index in [1.54, 1.807) is 0 Å². The van der Waals surface area contributed by atoms with Crippen LogP contribution in [0.2, 0.25) is 0 Å². The lowest BCUT2D eigenvalue weighted by atomic mass is 9.76. The third-order valence-electron chi connectivity index (χ3n) is 4.85. The number of carbonyl (C=O) groups is 1. The van der Waals surface area contributed by atoms with Gasteiger partial charge in [0, 0.05) is 17.5 Å². The maximum absolute atomic E-state index is 12.1. The monoisotopic (exact) mass is 254 g/mol. The van der Waals surface area contributed by atoms with E-state index >= 15 is 0 Å². The first kappa shape index (κ1) is 13.8. The smallest absolute Gasteiger partial charge is 0.223 e. The van der Waals surface area contributed by atoms with Crippen molar-refractivity contribution in [1.29, 1.82) is 0 Å². The summed E-state index contributed by atoms with van der Waals surface area (Å²) in [5.41, 5.74) is -0.149. The fourth-order valence-electron chi connectivity index (χ4n) is 3.31. The molecule has 3 N–H and O–H groups in total. The highest BCUT2D eigenvalue weighted by Gasteiger charge is 2.36. The second-order valence-electron chi connectivity index (χ2n) is 5.95.